The van der Waals surface area contributed by atoms with Crippen LogP contribution in [0.25, 0.3) is 0 Å². The van der Waals surface area contributed by atoms with Gasteiger partial charge in [-0.15, -0.1) is 0 Å². The van der Waals surface area contributed by atoms with Crippen LogP contribution in [0.5, 0.6) is 0 Å². The van der Waals surface area contributed by atoms with Crippen molar-refractivity contribution in [2.45, 2.75) is 37.8 Å². The largest absolute Gasteiger partial charge is 0.393 e. The fourth-order valence-electron chi connectivity index (χ4n) is 1.87. The number of carbonyl (C=O) groups excluding carboxylic acids is 1. The molecular weight excluding hydrogens is 208 g/mol. The lowest BCUT2D eigenvalue weighted by Crippen LogP contribution is -2.42. The molecule has 16 heavy (non-hydrogen) atoms. The van der Waals surface area contributed by atoms with E-state index in [0.29, 0.717) is 25.7 Å². The molecule has 1 aliphatic carbocycles. The van der Waals surface area contributed by atoms with Crippen molar-refractivity contribution in [1.82, 2.24) is 10.6 Å². The molecule has 0 saturated heterocycles. The lowest BCUT2D eigenvalue weighted by molar-refractivity contribution is -0.120. The number of nitrogens with one attached hydrogen (secondary N) is 2. The number of rotatable bonds is 6. The van der Waals surface area contributed by atoms with E-state index >= 15 is 0 Å². The Kier molecular flexibility index (Phi) is 6.37. The minimum Gasteiger partial charge on any atom is -0.393 e. The normalized spacial score (nSPS) is 25.4. The Balaban J connectivity index is 2.03. The van der Waals surface area contributed by atoms with E-state index in [2.05, 4.69) is 10.6 Å². The lowest BCUT2D eigenvalue weighted by atomic mass is 9.93. The van der Waals surface area contributed by atoms with Crippen molar-refractivity contribution in [2.75, 3.05) is 26.8 Å². The molecule has 0 spiro atoms. The van der Waals surface area contributed by atoms with Gasteiger partial charge in [-0.05, 0) is 25.7 Å². The van der Waals surface area contributed by atoms with Crippen LogP contribution in [0.3, 0.4) is 0 Å². The second-order valence-corrected chi connectivity index (χ2v) is 4.23. The van der Waals surface area contributed by atoms with Crippen LogP contribution >= 0.6 is 0 Å². The monoisotopic (exact) mass is 230 g/mol. The summed E-state index contributed by atoms with van der Waals surface area (Å²) in [5.74, 6) is 0.00294. The molecule has 94 valence electrons. The van der Waals surface area contributed by atoms with E-state index in [1.807, 2.05) is 0 Å². The van der Waals surface area contributed by atoms with Gasteiger partial charge in [-0.25, -0.2) is 0 Å². The molecule has 5 heteroatoms. The second-order valence-electron chi connectivity index (χ2n) is 4.23. The van der Waals surface area contributed by atoms with E-state index in [0.717, 1.165) is 25.7 Å². The Bertz CT molecular complexity index is 203. The maximum absolute atomic E-state index is 11.3. The topological polar surface area (TPSA) is 70.6 Å². The zero-order valence-electron chi connectivity index (χ0n) is 9.87. The Morgan fingerprint density at radius 3 is 2.69 bits per heavy atom. The highest BCUT2D eigenvalue weighted by Gasteiger charge is 2.19. The Morgan fingerprint density at radius 1 is 1.38 bits per heavy atom. The van der Waals surface area contributed by atoms with E-state index < -0.39 is 0 Å². The molecule has 0 atom stereocenters. The summed E-state index contributed by atoms with van der Waals surface area (Å²) >= 11 is 0. The van der Waals surface area contributed by atoms with Gasteiger partial charge in [-0.1, -0.05) is 0 Å². The van der Waals surface area contributed by atoms with E-state index in [1.165, 1.54) is 0 Å². The number of hydrogen-bond acceptors (Lipinski definition) is 4. The molecule has 0 heterocycles. The summed E-state index contributed by atoms with van der Waals surface area (Å²) < 4.78 is 4.84. The van der Waals surface area contributed by atoms with Gasteiger partial charge in [-0.2, -0.15) is 0 Å². The van der Waals surface area contributed by atoms with E-state index in [-0.39, 0.29) is 12.0 Å². The van der Waals surface area contributed by atoms with E-state index in [1.54, 1.807) is 7.11 Å². The summed E-state index contributed by atoms with van der Waals surface area (Å²) in [5.41, 5.74) is 0. The van der Waals surface area contributed by atoms with Crippen LogP contribution in [-0.2, 0) is 9.53 Å². The number of aliphatic hydroxyl groups excluding tert-OH is 1. The lowest BCUT2D eigenvalue weighted by Gasteiger charge is -2.26. The molecule has 1 saturated carbocycles. The van der Waals surface area contributed by atoms with Gasteiger partial charge in [0.1, 0.15) is 0 Å². The van der Waals surface area contributed by atoms with Crippen LogP contribution in [0.15, 0.2) is 0 Å². The van der Waals surface area contributed by atoms with Crippen molar-refractivity contribution >= 4 is 5.91 Å². The predicted molar refractivity (Wildman–Crippen MR) is 61.2 cm³/mol. The molecule has 0 aromatic rings. The second kappa shape index (κ2) is 7.60. The van der Waals surface area contributed by atoms with Crippen molar-refractivity contribution in [3.63, 3.8) is 0 Å². The first-order chi connectivity index (χ1) is 7.72. The molecule has 1 rings (SSSR count). The van der Waals surface area contributed by atoms with Crippen molar-refractivity contribution in [3.05, 3.63) is 0 Å². The molecule has 0 unspecified atom stereocenters. The van der Waals surface area contributed by atoms with Gasteiger partial charge in [0.2, 0.25) is 5.91 Å². The molecule has 3 N–H and O–H groups in total. The van der Waals surface area contributed by atoms with Crippen LogP contribution in [0.2, 0.25) is 0 Å². The van der Waals surface area contributed by atoms with E-state index in [4.69, 9.17) is 4.74 Å². The van der Waals surface area contributed by atoms with Crippen LogP contribution < -0.4 is 10.6 Å². The minimum atomic E-state index is -0.145. The first kappa shape index (κ1) is 13.4. The summed E-state index contributed by atoms with van der Waals surface area (Å²) in [6, 6.07) is 0.372. The third-order valence-electron chi connectivity index (χ3n) is 2.88. The highest BCUT2D eigenvalue weighted by atomic mass is 16.5. The summed E-state index contributed by atoms with van der Waals surface area (Å²) in [6.45, 7) is 1.45. The molecule has 0 aromatic heterocycles. The SMILES string of the molecule is COCCNC(=O)CNC1CCC(O)CC1. The maximum atomic E-state index is 11.3. The third-order valence-corrected chi connectivity index (χ3v) is 2.88. The molecular formula is C11H22N2O3. The maximum Gasteiger partial charge on any atom is 0.234 e. The van der Waals surface area contributed by atoms with Crippen LogP contribution in [0.1, 0.15) is 25.7 Å². The molecule has 0 aliphatic heterocycles. The Morgan fingerprint density at radius 2 is 2.06 bits per heavy atom. The third kappa shape index (κ3) is 5.44. The zero-order valence-corrected chi connectivity index (χ0v) is 9.87. The fourth-order valence-corrected chi connectivity index (χ4v) is 1.87. The van der Waals surface area contributed by atoms with Gasteiger partial charge in [0.15, 0.2) is 0 Å². The van der Waals surface area contributed by atoms with Gasteiger partial charge in [0.05, 0.1) is 19.3 Å². The standard InChI is InChI=1S/C11H22N2O3/c1-16-7-6-12-11(15)8-13-9-2-4-10(14)5-3-9/h9-10,13-14H,2-8H2,1H3,(H,12,15). The number of aliphatic hydroxyl groups is 1. The smallest absolute Gasteiger partial charge is 0.234 e. The van der Waals surface area contributed by atoms with Crippen molar-refractivity contribution in [3.8, 4) is 0 Å². The highest BCUT2D eigenvalue weighted by Crippen LogP contribution is 2.17. The highest BCUT2D eigenvalue weighted by molar-refractivity contribution is 5.77. The van der Waals surface area contributed by atoms with Gasteiger partial charge in [0.25, 0.3) is 0 Å². The predicted octanol–water partition coefficient (Wildman–Crippen LogP) is -0.358. The minimum absolute atomic E-state index is 0.00294. The molecule has 0 radical (unpaired) electrons. The Labute approximate surface area is 96.6 Å². The van der Waals surface area contributed by atoms with Crippen molar-refractivity contribution in [2.24, 2.45) is 0 Å². The number of methoxy groups -OCH3 is 1. The van der Waals surface area contributed by atoms with Gasteiger partial charge in [0, 0.05) is 19.7 Å². The number of hydrogen-bond donors (Lipinski definition) is 3. The summed E-state index contributed by atoms with van der Waals surface area (Å²) in [6.07, 6.45) is 3.43. The molecule has 1 fully saturated rings. The van der Waals surface area contributed by atoms with Gasteiger partial charge >= 0.3 is 0 Å². The van der Waals surface area contributed by atoms with E-state index in [9.17, 15) is 9.90 Å². The molecule has 0 bridgehead atoms. The zero-order chi connectivity index (χ0) is 11.8. The summed E-state index contributed by atoms with van der Waals surface area (Å²) in [4.78, 5) is 11.3. The van der Waals surface area contributed by atoms with Crippen LogP contribution in [-0.4, -0.2) is 50.0 Å². The molecule has 1 aliphatic rings. The molecule has 1 amide bonds. The fraction of sp³-hybridized carbons (Fsp3) is 0.909. The van der Waals surface area contributed by atoms with Crippen molar-refractivity contribution in [1.29, 1.82) is 0 Å². The first-order valence-corrected chi connectivity index (χ1v) is 5.89. The quantitative estimate of drug-likeness (QED) is 0.545. The van der Waals surface area contributed by atoms with Gasteiger partial charge < -0.3 is 20.5 Å². The molecule has 0 aromatic carbocycles. The summed E-state index contributed by atoms with van der Waals surface area (Å²) in [7, 11) is 1.61. The average molecular weight is 230 g/mol. The number of ether oxygens (including phenoxy) is 1. The van der Waals surface area contributed by atoms with Gasteiger partial charge in [-0.3, -0.25) is 4.79 Å². The number of carbonyl (C=O) groups is 1. The van der Waals surface area contributed by atoms with Crippen molar-refractivity contribution < 1.29 is 14.6 Å². The Hall–Kier alpha value is -0.650. The van der Waals surface area contributed by atoms with Crippen LogP contribution in [0.4, 0.5) is 0 Å². The average Bonchev–Trinajstić information content (AvgIpc) is 2.29. The molecule has 5 nitrogen and oxygen atoms in total. The summed E-state index contributed by atoms with van der Waals surface area (Å²) in [5, 5.41) is 15.3. The first-order valence-electron chi connectivity index (χ1n) is 5.89. The van der Waals surface area contributed by atoms with Crippen LogP contribution in [0, 0.1) is 0 Å². The number of amides is 1.